The van der Waals surface area contributed by atoms with Crippen molar-refractivity contribution in [1.82, 2.24) is 4.90 Å². The number of anilines is 1. The van der Waals surface area contributed by atoms with E-state index in [1.165, 1.54) is 6.42 Å². The lowest BCUT2D eigenvalue weighted by Gasteiger charge is -2.36. The molecule has 0 saturated carbocycles. The van der Waals surface area contributed by atoms with Crippen LogP contribution in [0.3, 0.4) is 0 Å². The van der Waals surface area contributed by atoms with Crippen LogP contribution in [0, 0.1) is 18.8 Å². The van der Waals surface area contributed by atoms with Gasteiger partial charge < -0.3 is 10.8 Å². The van der Waals surface area contributed by atoms with E-state index in [0.717, 1.165) is 41.7 Å². The summed E-state index contributed by atoms with van der Waals surface area (Å²) in [6, 6.07) is 5.86. The molecule has 2 rings (SSSR count). The van der Waals surface area contributed by atoms with Gasteiger partial charge in [0.05, 0.1) is 6.10 Å². The lowest BCUT2D eigenvalue weighted by Crippen LogP contribution is -2.40. The molecule has 3 atom stereocenters. The Kier molecular flexibility index (Phi) is 4.48. The van der Waals surface area contributed by atoms with Crippen LogP contribution in [0.4, 0.5) is 5.69 Å². The van der Waals surface area contributed by atoms with Crippen molar-refractivity contribution in [1.29, 1.82) is 0 Å². The van der Waals surface area contributed by atoms with Gasteiger partial charge in [-0.1, -0.05) is 26.0 Å². The van der Waals surface area contributed by atoms with Gasteiger partial charge in [-0.2, -0.15) is 0 Å². The summed E-state index contributed by atoms with van der Waals surface area (Å²) in [5.74, 6) is 1.44. The number of nitrogens with zero attached hydrogens (tertiary/aromatic N) is 1. The maximum absolute atomic E-state index is 10.4. The first-order valence-corrected chi connectivity index (χ1v) is 7.22. The van der Waals surface area contributed by atoms with Crippen molar-refractivity contribution in [2.24, 2.45) is 11.8 Å². The first-order chi connectivity index (χ1) is 8.95. The van der Waals surface area contributed by atoms with Crippen LogP contribution in [0.2, 0.25) is 0 Å². The minimum Gasteiger partial charge on any atom is -0.399 e. The molecule has 1 aliphatic rings. The number of aliphatic hydroxyl groups is 1. The van der Waals surface area contributed by atoms with Crippen molar-refractivity contribution in [3.05, 3.63) is 29.3 Å². The maximum Gasteiger partial charge on any atom is 0.0917 e. The fourth-order valence-electron chi connectivity index (χ4n) is 3.16. The van der Waals surface area contributed by atoms with Crippen molar-refractivity contribution in [3.8, 4) is 0 Å². The van der Waals surface area contributed by atoms with Gasteiger partial charge in [-0.25, -0.2) is 0 Å². The highest BCUT2D eigenvalue weighted by atomic mass is 16.3. The van der Waals surface area contributed by atoms with Crippen molar-refractivity contribution >= 4 is 5.69 Å². The van der Waals surface area contributed by atoms with Crippen LogP contribution >= 0.6 is 0 Å². The van der Waals surface area contributed by atoms with Crippen molar-refractivity contribution in [3.63, 3.8) is 0 Å². The first-order valence-electron chi connectivity index (χ1n) is 7.22. The third-order valence-electron chi connectivity index (χ3n) is 4.06. The lowest BCUT2D eigenvalue weighted by molar-refractivity contribution is 0.0699. The van der Waals surface area contributed by atoms with Gasteiger partial charge in [0.1, 0.15) is 0 Å². The van der Waals surface area contributed by atoms with Gasteiger partial charge in [0.15, 0.2) is 0 Å². The van der Waals surface area contributed by atoms with Gasteiger partial charge in [-0.3, -0.25) is 4.90 Å². The van der Waals surface area contributed by atoms with Crippen LogP contribution in [0.15, 0.2) is 18.2 Å². The minimum absolute atomic E-state index is 0.444. The van der Waals surface area contributed by atoms with Crippen molar-refractivity contribution in [2.75, 3.05) is 25.4 Å². The van der Waals surface area contributed by atoms with Crippen molar-refractivity contribution in [2.45, 2.75) is 33.3 Å². The standard InChI is InChI=1S/C16H26N2O/c1-11-6-12(2)9-18(8-11)10-16(19)14-5-4-13(3)15(17)7-14/h4-5,7,11-12,16,19H,6,8-10,17H2,1-3H3. The van der Waals surface area contributed by atoms with E-state index >= 15 is 0 Å². The number of β-amino-alcohol motifs (C(OH)–C–C–N with tert-alkyl or cyclic N) is 1. The van der Waals surface area contributed by atoms with Crippen LogP contribution in [0.1, 0.15) is 37.5 Å². The molecular formula is C16H26N2O. The molecule has 0 amide bonds. The largest absolute Gasteiger partial charge is 0.399 e. The lowest BCUT2D eigenvalue weighted by atomic mass is 9.91. The second-order valence-corrected chi connectivity index (χ2v) is 6.30. The van der Waals surface area contributed by atoms with Gasteiger partial charge in [0, 0.05) is 25.3 Å². The van der Waals surface area contributed by atoms with Crippen LogP contribution in [-0.4, -0.2) is 29.6 Å². The Morgan fingerprint density at radius 1 is 1.32 bits per heavy atom. The van der Waals surface area contributed by atoms with Crippen LogP contribution in [0.25, 0.3) is 0 Å². The molecule has 1 saturated heterocycles. The summed E-state index contributed by atoms with van der Waals surface area (Å²) >= 11 is 0. The summed E-state index contributed by atoms with van der Waals surface area (Å²) < 4.78 is 0. The second-order valence-electron chi connectivity index (χ2n) is 6.30. The Morgan fingerprint density at radius 2 is 1.95 bits per heavy atom. The molecule has 1 aliphatic heterocycles. The molecule has 106 valence electrons. The highest BCUT2D eigenvalue weighted by Crippen LogP contribution is 2.24. The van der Waals surface area contributed by atoms with E-state index in [1.54, 1.807) is 0 Å². The number of aryl methyl sites for hydroxylation is 1. The molecule has 3 N–H and O–H groups in total. The number of likely N-dealkylation sites (tertiary alicyclic amines) is 1. The molecule has 0 aliphatic carbocycles. The van der Waals surface area contributed by atoms with Gasteiger partial charge in [0.2, 0.25) is 0 Å². The zero-order valence-electron chi connectivity index (χ0n) is 12.3. The summed E-state index contributed by atoms with van der Waals surface area (Å²) in [5.41, 5.74) is 8.66. The fourth-order valence-corrected chi connectivity index (χ4v) is 3.16. The quantitative estimate of drug-likeness (QED) is 0.823. The molecule has 1 aromatic carbocycles. The molecule has 0 bridgehead atoms. The van der Waals surface area contributed by atoms with E-state index in [2.05, 4.69) is 18.7 Å². The molecule has 1 aromatic rings. The van der Waals surface area contributed by atoms with Gasteiger partial charge >= 0.3 is 0 Å². The van der Waals surface area contributed by atoms with Crippen LogP contribution in [0.5, 0.6) is 0 Å². The smallest absolute Gasteiger partial charge is 0.0917 e. The van der Waals surface area contributed by atoms with Crippen LogP contribution in [-0.2, 0) is 0 Å². The highest BCUT2D eigenvalue weighted by Gasteiger charge is 2.23. The number of piperidine rings is 1. The fraction of sp³-hybridized carbons (Fsp3) is 0.625. The van der Waals surface area contributed by atoms with Crippen LogP contribution < -0.4 is 5.73 Å². The number of benzene rings is 1. The molecule has 19 heavy (non-hydrogen) atoms. The van der Waals surface area contributed by atoms with E-state index < -0.39 is 6.10 Å². The average molecular weight is 262 g/mol. The molecule has 1 heterocycles. The summed E-state index contributed by atoms with van der Waals surface area (Å²) in [5, 5.41) is 10.4. The molecule has 0 radical (unpaired) electrons. The van der Waals surface area contributed by atoms with Gasteiger partial charge in [-0.05, 0) is 42.4 Å². The zero-order valence-corrected chi connectivity index (χ0v) is 12.3. The van der Waals surface area contributed by atoms with E-state index in [9.17, 15) is 5.11 Å². The molecule has 3 nitrogen and oxygen atoms in total. The van der Waals surface area contributed by atoms with E-state index in [0.29, 0.717) is 6.54 Å². The Hall–Kier alpha value is -1.06. The van der Waals surface area contributed by atoms with E-state index in [1.807, 2.05) is 25.1 Å². The SMILES string of the molecule is Cc1ccc(C(O)CN2CC(C)CC(C)C2)cc1N. The zero-order chi connectivity index (χ0) is 14.0. The van der Waals surface area contributed by atoms with E-state index in [-0.39, 0.29) is 0 Å². The number of aliphatic hydroxyl groups excluding tert-OH is 1. The topological polar surface area (TPSA) is 49.5 Å². The Morgan fingerprint density at radius 3 is 2.53 bits per heavy atom. The monoisotopic (exact) mass is 262 g/mol. The minimum atomic E-state index is -0.444. The first kappa shape index (κ1) is 14.4. The highest BCUT2D eigenvalue weighted by molar-refractivity contribution is 5.48. The van der Waals surface area contributed by atoms with Crippen molar-refractivity contribution < 1.29 is 5.11 Å². The third kappa shape index (κ3) is 3.71. The Bertz CT molecular complexity index is 423. The summed E-state index contributed by atoms with van der Waals surface area (Å²) in [4.78, 5) is 2.37. The normalized spacial score (nSPS) is 26.3. The summed E-state index contributed by atoms with van der Waals surface area (Å²) in [6.07, 6.45) is 0.852. The predicted octanol–water partition coefficient (Wildman–Crippen LogP) is 2.59. The predicted molar refractivity (Wildman–Crippen MR) is 79.9 cm³/mol. The summed E-state index contributed by atoms with van der Waals surface area (Å²) in [7, 11) is 0. The molecule has 1 fully saturated rings. The number of nitrogens with two attached hydrogens (primary N) is 1. The average Bonchev–Trinajstić information content (AvgIpc) is 2.31. The second kappa shape index (κ2) is 5.93. The number of hydrogen-bond donors (Lipinski definition) is 2. The number of nitrogen functional groups attached to an aromatic ring is 1. The molecule has 0 aromatic heterocycles. The molecule has 3 heteroatoms. The van der Waals surface area contributed by atoms with Gasteiger partial charge in [-0.15, -0.1) is 0 Å². The summed E-state index contributed by atoms with van der Waals surface area (Å²) in [6.45, 7) is 9.44. The Labute approximate surface area is 116 Å². The van der Waals surface area contributed by atoms with E-state index in [4.69, 9.17) is 5.73 Å². The molecule has 3 unspecified atom stereocenters. The number of hydrogen-bond acceptors (Lipinski definition) is 3. The molecular weight excluding hydrogens is 236 g/mol. The Balaban J connectivity index is 2.00. The number of rotatable bonds is 3. The maximum atomic E-state index is 10.4. The third-order valence-corrected chi connectivity index (χ3v) is 4.06. The molecule has 0 spiro atoms. The van der Waals surface area contributed by atoms with Gasteiger partial charge in [0.25, 0.3) is 0 Å².